The average Bonchev–Trinajstić information content (AvgIpc) is 2.28. The Kier molecular flexibility index (Phi) is 3.31. The standard InChI is InChI=1S/C14H20OSi/c1-12(13-8-5-4-6-9-13)14-10-7-11-16(2,3)15-14/h4-6,8-9,14H,1,7,10-11H2,2-3H3. The molecule has 1 fully saturated rings. The second-order valence-corrected chi connectivity index (χ2v) is 9.40. The van der Waals surface area contributed by atoms with Crippen molar-refractivity contribution in [3.05, 3.63) is 42.5 Å². The minimum Gasteiger partial charge on any atom is -0.410 e. The van der Waals surface area contributed by atoms with E-state index < -0.39 is 8.32 Å². The van der Waals surface area contributed by atoms with Gasteiger partial charge >= 0.3 is 0 Å². The van der Waals surface area contributed by atoms with Crippen molar-refractivity contribution in [1.82, 2.24) is 0 Å². The molecule has 1 unspecified atom stereocenters. The minimum atomic E-state index is -1.41. The third-order valence-electron chi connectivity index (χ3n) is 3.24. The third-order valence-corrected chi connectivity index (χ3v) is 5.72. The highest BCUT2D eigenvalue weighted by atomic mass is 28.4. The summed E-state index contributed by atoms with van der Waals surface area (Å²) in [5.41, 5.74) is 2.38. The Balaban J connectivity index is 2.11. The van der Waals surface area contributed by atoms with E-state index in [9.17, 15) is 0 Å². The molecule has 0 amide bonds. The van der Waals surface area contributed by atoms with Crippen LogP contribution in [0.3, 0.4) is 0 Å². The summed E-state index contributed by atoms with van der Waals surface area (Å²) in [4.78, 5) is 0. The zero-order valence-corrected chi connectivity index (χ0v) is 11.2. The number of hydrogen-bond donors (Lipinski definition) is 0. The van der Waals surface area contributed by atoms with Crippen LogP contribution in [-0.2, 0) is 4.43 Å². The molecule has 1 aromatic rings. The summed E-state index contributed by atoms with van der Waals surface area (Å²) in [5.74, 6) is 0. The predicted octanol–water partition coefficient (Wildman–Crippen LogP) is 4.08. The smallest absolute Gasteiger partial charge is 0.187 e. The Bertz CT molecular complexity index is 370. The topological polar surface area (TPSA) is 9.23 Å². The maximum absolute atomic E-state index is 6.23. The van der Waals surface area contributed by atoms with Crippen molar-refractivity contribution in [3.63, 3.8) is 0 Å². The second kappa shape index (κ2) is 4.56. The van der Waals surface area contributed by atoms with E-state index in [2.05, 4.69) is 43.9 Å². The molecule has 86 valence electrons. The van der Waals surface area contributed by atoms with Crippen LogP contribution >= 0.6 is 0 Å². The van der Waals surface area contributed by atoms with E-state index in [1.807, 2.05) is 6.07 Å². The highest BCUT2D eigenvalue weighted by Gasteiger charge is 2.32. The zero-order chi connectivity index (χ0) is 11.6. The van der Waals surface area contributed by atoms with Gasteiger partial charge in [0.05, 0.1) is 6.10 Å². The van der Waals surface area contributed by atoms with E-state index in [0.717, 1.165) is 12.0 Å². The molecular formula is C14H20OSi. The summed E-state index contributed by atoms with van der Waals surface area (Å²) in [6, 6.07) is 11.7. The summed E-state index contributed by atoms with van der Waals surface area (Å²) in [6.07, 6.45) is 2.66. The van der Waals surface area contributed by atoms with Crippen LogP contribution in [0, 0.1) is 0 Å². The first-order valence-electron chi connectivity index (χ1n) is 6.00. The molecule has 16 heavy (non-hydrogen) atoms. The Morgan fingerprint density at radius 1 is 1.31 bits per heavy atom. The van der Waals surface area contributed by atoms with Gasteiger partial charge in [-0.25, -0.2) is 0 Å². The molecule has 0 spiro atoms. The lowest BCUT2D eigenvalue weighted by molar-refractivity contribution is 0.214. The van der Waals surface area contributed by atoms with E-state index in [-0.39, 0.29) is 6.10 Å². The molecule has 0 saturated carbocycles. The van der Waals surface area contributed by atoms with Gasteiger partial charge in [-0.1, -0.05) is 43.3 Å². The lowest BCUT2D eigenvalue weighted by Crippen LogP contribution is -2.39. The number of benzene rings is 1. The molecule has 1 atom stereocenters. The van der Waals surface area contributed by atoms with Crippen LogP contribution in [-0.4, -0.2) is 14.4 Å². The predicted molar refractivity (Wildman–Crippen MR) is 71.9 cm³/mol. The molecule has 2 heteroatoms. The highest BCUT2D eigenvalue weighted by Crippen LogP contribution is 2.32. The van der Waals surface area contributed by atoms with Crippen LogP contribution in [0.25, 0.3) is 5.57 Å². The molecule has 0 aliphatic carbocycles. The number of hydrogen-bond acceptors (Lipinski definition) is 1. The molecule has 1 aliphatic rings. The fourth-order valence-electron chi connectivity index (χ4n) is 2.30. The van der Waals surface area contributed by atoms with Gasteiger partial charge in [0.15, 0.2) is 8.32 Å². The van der Waals surface area contributed by atoms with Gasteiger partial charge in [-0.05, 0) is 36.7 Å². The van der Waals surface area contributed by atoms with Gasteiger partial charge in [-0.3, -0.25) is 0 Å². The van der Waals surface area contributed by atoms with Gasteiger partial charge in [0, 0.05) is 0 Å². The third kappa shape index (κ3) is 2.63. The van der Waals surface area contributed by atoms with Crippen molar-refractivity contribution in [2.45, 2.75) is 38.1 Å². The molecule has 0 aromatic heterocycles. The SMILES string of the molecule is C=C(c1ccccc1)C1CCC[Si](C)(C)O1. The quantitative estimate of drug-likeness (QED) is 0.698. The molecule has 1 aromatic carbocycles. The Morgan fingerprint density at radius 2 is 2.00 bits per heavy atom. The van der Waals surface area contributed by atoms with Crippen LogP contribution < -0.4 is 0 Å². The monoisotopic (exact) mass is 232 g/mol. The average molecular weight is 232 g/mol. The summed E-state index contributed by atoms with van der Waals surface area (Å²) < 4.78 is 6.23. The summed E-state index contributed by atoms with van der Waals surface area (Å²) >= 11 is 0. The van der Waals surface area contributed by atoms with Crippen LogP contribution in [0.1, 0.15) is 18.4 Å². The number of rotatable bonds is 2. The molecular weight excluding hydrogens is 212 g/mol. The van der Waals surface area contributed by atoms with Crippen LogP contribution in [0.5, 0.6) is 0 Å². The van der Waals surface area contributed by atoms with E-state index in [0.29, 0.717) is 0 Å². The fourth-order valence-corrected chi connectivity index (χ4v) is 4.50. The van der Waals surface area contributed by atoms with Crippen molar-refractivity contribution < 1.29 is 4.43 Å². The Hall–Kier alpha value is -0.863. The van der Waals surface area contributed by atoms with E-state index in [1.165, 1.54) is 18.0 Å². The van der Waals surface area contributed by atoms with Crippen LogP contribution in [0.15, 0.2) is 36.9 Å². The van der Waals surface area contributed by atoms with Crippen molar-refractivity contribution in [1.29, 1.82) is 0 Å². The van der Waals surface area contributed by atoms with E-state index in [4.69, 9.17) is 4.43 Å². The highest BCUT2D eigenvalue weighted by molar-refractivity contribution is 6.71. The van der Waals surface area contributed by atoms with Crippen LogP contribution in [0.2, 0.25) is 19.1 Å². The normalized spacial score (nSPS) is 24.0. The largest absolute Gasteiger partial charge is 0.410 e. The van der Waals surface area contributed by atoms with E-state index in [1.54, 1.807) is 0 Å². The molecule has 1 aliphatic heterocycles. The van der Waals surface area contributed by atoms with E-state index >= 15 is 0 Å². The van der Waals surface area contributed by atoms with Gasteiger partial charge < -0.3 is 4.43 Å². The Labute approximate surface area is 99.3 Å². The van der Waals surface area contributed by atoms with Crippen molar-refractivity contribution in [2.24, 2.45) is 0 Å². The lowest BCUT2D eigenvalue weighted by Gasteiger charge is -2.35. The molecule has 1 saturated heterocycles. The summed E-state index contributed by atoms with van der Waals surface area (Å²) in [6.45, 7) is 8.82. The first-order valence-corrected chi connectivity index (χ1v) is 9.12. The first kappa shape index (κ1) is 11.6. The maximum Gasteiger partial charge on any atom is 0.187 e. The van der Waals surface area contributed by atoms with Crippen LogP contribution in [0.4, 0.5) is 0 Å². The van der Waals surface area contributed by atoms with Gasteiger partial charge in [0.25, 0.3) is 0 Å². The van der Waals surface area contributed by atoms with Crippen molar-refractivity contribution in [3.8, 4) is 0 Å². The molecule has 0 bridgehead atoms. The van der Waals surface area contributed by atoms with Gasteiger partial charge in [-0.15, -0.1) is 0 Å². The van der Waals surface area contributed by atoms with Gasteiger partial charge in [0.2, 0.25) is 0 Å². The van der Waals surface area contributed by atoms with Crippen molar-refractivity contribution in [2.75, 3.05) is 0 Å². The summed E-state index contributed by atoms with van der Waals surface area (Å²) in [7, 11) is -1.41. The first-order chi connectivity index (χ1) is 7.58. The second-order valence-electron chi connectivity index (χ2n) is 5.15. The lowest BCUT2D eigenvalue weighted by atomic mass is 9.99. The zero-order valence-electron chi connectivity index (χ0n) is 10.2. The summed E-state index contributed by atoms with van der Waals surface area (Å²) in [5, 5.41) is 0. The van der Waals surface area contributed by atoms with Gasteiger partial charge in [-0.2, -0.15) is 0 Å². The minimum absolute atomic E-state index is 0.248. The van der Waals surface area contributed by atoms with Crippen molar-refractivity contribution >= 4 is 13.9 Å². The fraction of sp³-hybridized carbons (Fsp3) is 0.429. The maximum atomic E-state index is 6.23. The molecule has 1 heterocycles. The molecule has 0 radical (unpaired) electrons. The van der Waals surface area contributed by atoms with Gasteiger partial charge in [0.1, 0.15) is 0 Å². The molecule has 2 rings (SSSR count). The Morgan fingerprint density at radius 3 is 2.62 bits per heavy atom. The molecule has 0 N–H and O–H groups in total. The molecule has 1 nitrogen and oxygen atoms in total.